The Morgan fingerprint density at radius 1 is 0.885 bits per heavy atom. The van der Waals surface area contributed by atoms with Crippen LogP contribution in [0.1, 0.15) is 13.3 Å². The molecular weight excluding hydrogens is 332 g/mol. The number of nitrogens with one attached hydrogen (secondary N) is 1. The normalized spacial score (nSPS) is 11.7. The van der Waals surface area contributed by atoms with Crippen LogP contribution in [0.4, 0.5) is 11.4 Å². The highest BCUT2D eigenvalue weighted by Crippen LogP contribution is 2.31. The molecule has 7 nitrogen and oxygen atoms in total. The fraction of sp³-hybridized carbons (Fsp3) is 0.158. The maximum absolute atomic E-state index is 13.0. The number of nitrogen functional groups attached to an aromatic ring is 2. The van der Waals surface area contributed by atoms with Crippen LogP contribution < -0.4 is 33.4 Å². The zero-order valence-electron chi connectivity index (χ0n) is 14.1. The summed E-state index contributed by atoms with van der Waals surface area (Å²) in [5.41, 5.74) is 10.9. The van der Waals surface area contributed by atoms with Gasteiger partial charge in [0, 0.05) is 17.3 Å². The van der Waals surface area contributed by atoms with Crippen LogP contribution in [0, 0.1) is 5.41 Å². The maximum Gasteiger partial charge on any atom is 0.262 e. The van der Waals surface area contributed by atoms with Crippen LogP contribution in [0.2, 0.25) is 0 Å². The number of hydrogen-bond donors (Lipinski definition) is 3. The molecule has 0 amide bonds. The van der Waals surface area contributed by atoms with Crippen molar-refractivity contribution in [2.45, 2.75) is 19.9 Å². The summed E-state index contributed by atoms with van der Waals surface area (Å²) in [4.78, 5) is 38.7. The quantitative estimate of drug-likeness (QED) is 0.282. The van der Waals surface area contributed by atoms with Gasteiger partial charge < -0.3 is 11.5 Å². The van der Waals surface area contributed by atoms with E-state index in [9.17, 15) is 14.4 Å². The molecule has 0 aliphatic heterocycles. The first-order valence-electron chi connectivity index (χ1n) is 8.24. The molecule has 0 atom stereocenters. The zero-order valence-corrected chi connectivity index (χ0v) is 14.1. The van der Waals surface area contributed by atoms with E-state index in [1.54, 1.807) is 24.3 Å². The summed E-state index contributed by atoms with van der Waals surface area (Å²) in [6.07, 6.45) is 0.644. The van der Waals surface area contributed by atoms with Crippen molar-refractivity contribution in [1.29, 1.82) is 5.41 Å². The number of nitrogens with zero attached hydrogens (tertiary/aromatic N) is 1. The third kappa shape index (κ3) is 1.77. The van der Waals surface area contributed by atoms with Gasteiger partial charge in [-0.1, -0.05) is 31.2 Å². The minimum atomic E-state index is -0.460. The Bertz CT molecular complexity index is 1330. The summed E-state index contributed by atoms with van der Waals surface area (Å²) in [6.45, 7) is 2.21. The number of fused-ring (bicyclic) bond motifs is 3. The third-order valence-electron chi connectivity index (χ3n) is 4.86. The van der Waals surface area contributed by atoms with E-state index in [2.05, 4.69) is 0 Å². The lowest BCUT2D eigenvalue weighted by Gasteiger charge is -2.08. The van der Waals surface area contributed by atoms with E-state index in [0.29, 0.717) is 13.0 Å². The fourth-order valence-corrected chi connectivity index (χ4v) is 3.69. The molecule has 4 rings (SSSR count). The van der Waals surface area contributed by atoms with Crippen molar-refractivity contribution in [3.8, 4) is 0 Å². The van der Waals surface area contributed by atoms with Crippen molar-refractivity contribution < 1.29 is 0 Å². The molecule has 0 saturated carbocycles. The van der Waals surface area contributed by atoms with Crippen molar-refractivity contribution in [3.63, 3.8) is 0 Å². The van der Waals surface area contributed by atoms with Gasteiger partial charge in [0.2, 0.25) is 0 Å². The average Bonchev–Trinajstić information content (AvgIpc) is 2.88. The van der Waals surface area contributed by atoms with Crippen LogP contribution in [0.15, 0.2) is 38.6 Å². The second-order valence-electron chi connectivity index (χ2n) is 6.34. The number of nitrogens with two attached hydrogens (primary N) is 2. The van der Waals surface area contributed by atoms with E-state index in [1.165, 1.54) is 4.57 Å². The molecule has 3 aromatic carbocycles. The maximum atomic E-state index is 13.0. The lowest BCUT2D eigenvalue weighted by atomic mass is 9.97. The minimum absolute atomic E-state index is 0.0131. The van der Waals surface area contributed by atoms with Crippen LogP contribution in [0.3, 0.4) is 0 Å². The van der Waals surface area contributed by atoms with Gasteiger partial charge in [0.25, 0.3) is 5.56 Å². The number of rotatable bonds is 2. The van der Waals surface area contributed by atoms with Crippen molar-refractivity contribution in [2.75, 3.05) is 11.5 Å². The van der Waals surface area contributed by atoms with Gasteiger partial charge >= 0.3 is 0 Å². The van der Waals surface area contributed by atoms with Crippen LogP contribution in [-0.2, 0) is 6.54 Å². The van der Waals surface area contributed by atoms with E-state index in [1.807, 2.05) is 6.92 Å². The van der Waals surface area contributed by atoms with Gasteiger partial charge in [0.1, 0.15) is 5.49 Å². The first kappa shape index (κ1) is 16.0. The van der Waals surface area contributed by atoms with E-state index < -0.39 is 16.4 Å². The van der Waals surface area contributed by atoms with E-state index in [-0.39, 0.29) is 49.2 Å². The smallest absolute Gasteiger partial charge is 0.262 e. The molecule has 130 valence electrons. The zero-order chi connectivity index (χ0) is 18.7. The molecular formula is C19H16N4O3. The monoisotopic (exact) mass is 348 g/mol. The highest BCUT2D eigenvalue weighted by molar-refractivity contribution is 6.20. The van der Waals surface area contributed by atoms with Crippen LogP contribution in [-0.4, -0.2) is 4.57 Å². The molecule has 0 fully saturated rings. The summed E-state index contributed by atoms with van der Waals surface area (Å²) in [5.74, 6) is 0. The number of hydrogen-bond acceptors (Lipinski definition) is 6. The van der Waals surface area contributed by atoms with Gasteiger partial charge in [-0.3, -0.25) is 24.4 Å². The van der Waals surface area contributed by atoms with Crippen molar-refractivity contribution in [1.82, 2.24) is 4.57 Å². The summed E-state index contributed by atoms with van der Waals surface area (Å²) >= 11 is 0. The molecule has 0 radical (unpaired) electrons. The van der Waals surface area contributed by atoms with Crippen molar-refractivity contribution in [2.24, 2.45) is 0 Å². The second kappa shape index (κ2) is 5.26. The predicted molar refractivity (Wildman–Crippen MR) is 103 cm³/mol. The van der Waals surface area contributed by atoms with Crippen LogP contribution >= 0.6 is 0 Å². The topological polar surface area (TPSA) is 132 Å². The Morgan fingerprint density at radius 3 is 1.88 bits per heavy atom. The largest absolute Gasteiger partial charge is 0.397 e. The van der Waals surface area contributed by atoms with Gasteiger partial charge in [-0.15, -0.1) is 0 Å². The number of aromatic nitrogens is 1. The molecule has 26 heavy (non-hydrogen) atoms. The Labute approximate surface area is 146 Å². The highest BCUT2D eigenvalue weighted by atomic mass is 16.1. The van der Waals surface area contributed by atoms with Gasteiger partial charge in [0.15, 0.2) is 10.9 Å². The molecule has 5 N–H and O–H groups in total. The lowest BCUT2D eigenvalue weighted by molar-refractivity contribution is 0.635. The number of anilines is 2. The van der Waals surface area contributed by atoms with E-state index in [0.717, 1.165) is 0 Å². The SMILES string of the molecule is CCCn1c(=N)c2c(N)c3c(=O)c4ccccc4c(=O)c3c(N)c2c1=O. The molecule has 0 aliphatic carbocycles. The van der Waals surface area contributed by atoms with Crippen LogP contribution in [0.5, 0.6) is 0 Å². The van der Waals surface area contributed by atoms with Gasteiger partial charge in [0.05, 0.1) is 32.9 Å². The second-order valence-corrected chi connectivity index (χ2v) is 6.34. The Hall–Kier alpha value is -3.48. The minimum Gasteiger partial charge on any atom is -0.397 e. The fourth-order valence-electron chi connectivity index (χ4n) is 3.69. The van der Waals surface area contributed by atoms with Crippen LogP contribution in [0.25, 0.3) is 32.3 Å². The standard InChI is InChI=1S/C19H16N4O3/c1-2-7-23-18(22)12-13(19(23)26)15(21)11-10(14(12)20)16(24)8-5-3-4-6-9(8)17(11)25/h3-6,22H,2,7,20-21H2,1H3. The first-order chi connectivity index (χ1) is 12.4. The van der Waals surface area contributed by atoms with E-state index >= 15 is 0 Å². The molecule has 1 heterocycles. The Morgan fingerprint density at radius 2 is 1.38 bits per heavy atom. The molecule has 1 aromatic heterocycles. The van der Waals surface area contributed by atoms with Gasteiger partial charge in [-0.2, -0.15) is 0 Å². The van der Waals surface area contributed by atoms with Gasteiger partial charge in [-0.05, 0) is 6.42 Å². The molecule has 0 unspecified atom stereocenters. The van der Waals surface area contributed by atoms with Crippen molar-refractivity contribution >= 4 is 43.7 Å². The molecule has 0 bridgehead atoms. The number of benzene rings is 3. The molecule has 0 saturated heterocycles. The Kier molecular flexibility index (Phi) is 3.24. The molecule has 4 aromatic rings. The summed E-state index contributed by atoms with van der Waals surface area (Å²) in [7, 11) is 0. The summed E-state index contributed by atoms with van der Waals surface area (Å²) in [5, 5.41) is 8.93. The molecule has 0 spiro atoms. The summed E-state index contributed by atoms with van der Waals surface area (Å²) in [6, 6.07) is 6.43. The molecule has 0 aliphatic rings. The Balaban J connectivity index is 2.44. The highest BCUT2D eigenvalue weighted by Gasteiger charge is 2.23. The third-order valence-corrected chi connectivity index (χ3v) is 4.86. The molecule has 7 heteroatoms. The lowest BCUT2D eigenvalue weighted by Crippen LogP contribution is -2.25. The van der Waals surface area contributed by atoms with Gasteiger partial charge in [-0.25, -0.2) is 0 Å². The first-order valence-corrected chi connectivity index (χ1v) is 8.24. The summed E-state index contributed by atoms with van der Waals surface area (Å²) < 4.78 is 1.27. The van der Waals surface area contributed by atoms with Crippen molar-refractivity contribution in [3.05, 3.63) is 60.6 Å². The average molecular weight is 348 g/mol. The predicted octanol–water partition coefficient (Wildman–Crippen LogP) is 0.958. The van der Waals surface area contributed by atoms with E-state index in [4.69, 9.17) is 16.9 Å².